The van der Waals surface area contributed by atoms with Gasteiger partial charge in [0.15, 0.2) is 0 Å². The normalized spacial score (nSPS) is 26.0. The van der Waals surface area contributed by atoms with Crippen molar-refractivity contribution in [2.45, 2.75) is 31.3 Å². The van der Waals surface area contributed by atoms with E-state index >= 15 is 0 Å². The largest absolute Gasteiger partial charge is 0.353 e. The number of carbonyl (C=O) groups is 1. The average molecular weight is 297 g/mol. The van der Waals surface area contributed by atoms with Gasteiger partial charge in [0.1, 0.15) is 0 Å². The van der Waals surface area contributed by atoms with Gasteiger partial charge >= 0.3 is 0 Å². The molecule has 2 saturated heterocycles. The molecule has 0 aromatic carbocycles. The number of nitrogens with one attached hydrogen (secondary N) is 2. The van der Waals surface area contributed by atoms with Crippen molar-refractivity contribution < 1.29 is 4.79 Å². The smallest absolute Gasteiger partial charge is 0.221 e. The maximum atomic E-state index is 11.8. The number of halogens is 1. The molecule has 100 valence electrons. The van der Waals surface area contributed by atoms with Crippen molar-refractivity contribution in [3.8, 4) is 0 Å². The van der Waals surface area contributed by atoms with Gasteiger partial charge in [-0.1, -0.05) is 0 Å². The van der Waals surface area contributed by atoms with Gasteiger partial charge in [-0.2, -0.15) is 23.5 Å². The molecular weight excluding hydrogens is 276 g/mol. The van der Waals surface area contributed by atoms with Crippen LogP contribution < -0.4 is 10.6 Å². The number of hydrogen-bond acceptors (Lipinski definition) is 4. The summed E-state index contributed by atoms with van der Waals surface area (Å²) < 4.78 is 0. The van der Waals surface area contributed by atoms with Crippen molar-refractivity contribution >= 4 is 41.8 Å². The first-order valence-corrected chi connectivity index (χ1v) is 8.34. The van der Waals surface area contributed by atoms with E-state index in [1.54, 1.807) is 0 Å². The molecule has 0 saturated carbocycles. The molecule has 0 spiro atoms. The Morgan fingerprint density at radius 2 is 2.00 bits per heavy atom. The second-order valence-electron chi connectivity index (χ2n) is 4.38. The summed E-state index contributed by atoms with van der Waals surface area (Å²) in [6, 6.07) is 0.821. The molecule has 6 heteroatoms. The van der Waals surface area contributed by atoms with Crippen LogP contribution in [0.4, 0.5) is 0 Å². The standard InChI is InChI=1S/C11H20N2OS2.ClH/c14-11(7-10-8-16-6-3-12-10)13-9-1-4-15-5-2-9;/h9-10,12H,1-8H2,(H,13,14);1H. The van der Waals surface area contributed by atoms with Crippen molar-refractivity contribution in [1.82, 2.24) is 10.6 Å². The topological polar surface area (TPSA) is 41.1 Å². The first-order chi connectivity index (χ1) is 7.84. The first-order valence-electron chi connectivity index (χ1n) is 6.03. The summed E-state index contributed by atoms with van der Waals surface area (Å²) >= 11 is 3.94. The molecule has 1 atom stereocenters. The first kappa shape index (κ1) is 15.5. The highest BCUT2D eigenvalue weighted by Crippen LogP contribution is 2.17. The fourth-order valence-electron chi connectivity index (χ4n) is 2.10. The van der Waals surface area contributed by atoms with Crippen LogP contribution in [0.1, 0.15) is 19.3 Å². The third-order valence-electron chi connectivity index (χ3n) is 3.02. The van der Waals surface area contributed by atoms with Crippen molar-refractivity contribution in [2.75, 3.05) is 29.6 Å². The minimum Gasteiger partial charge on any atom is -0.353 e. The SMILES string of the molecule is Cl.O=C(CC1CSCCN1)NC1CCSCC1. The molecule has 2 fully saturated rings. The van der Waals surface area contributed by atoms with E-state index in [0.717, 1.165) is 25.1 Å². The summed E-state index contributed by atoms with van der Waals surface area (Å²) in [7, 11) is 0. The predicted molar refractivity (Wildman–Crippen MR) is 79.5 cm³/mol. The summed E-state index contributed by atoms with van der Waals surface area (Å²) in [5.74, 6) is 4.88. The summed E-state index contributed by atoms with van der Waals surface area (Å²) in [6.45, 7) is 1.04. The summed E-state index contributed by atoms with van der Waals surface area (Å²) in [5, 5.41) is 6.57. The third kappa shape index (κ3) is 5.73. The Morgan fingerprint density at radius 3 is 2.65 bits per heavy atom. The Hall–Kier alpha value is 0.420. The van der Waals surface area contributed by atoms with Gasteiger partial charge in [-0.15, -0.1) is 12.4 Å². The van der Waals surface area contributed by atoms with E-state index < -0.39 is 0 Å². The third-order valence-corrected chi connectivity index (χ3v) is 5.20. The van der Waals surface area contributed by atoms with E-state index in [0.29, 0.717) is 18.5 Å². The Bertz CT molecular complexity index is 210. The highest BCUT2D eigenvalue weighted by molar-refractivity contribution is 7.99. The van der Waals surface area contributed by atoms with Crippen molar-refractivity contribution in [1.29, 1.82) is 0 Å². The second kappa shape index (κ2) is 8.51. The van der Waals surface area contributed by atoms with E-state index in [-0.39, 0.29) is 18.3 Å². The molecule has 2 N–H and O–H groups in total. The van der Waals surface area contributed by atoms with E-state index in [1.807, 2.05) is 23.5 Å². The number of amides is 1. The molecule has 0 aromatic rings. The monoisotopic (exact) mass is 296 g/mol. The molecule has 1 amide bonds. The highest BCUT2D eigenvalue weighted by atomic mass is 35.5. The van der Waals surface area contributed by atoms with Crippen molar-refractivity contribution in [2.24, 2.45) is 0 Å². The van der Waals surface area contributed by atoms with Crippen LogP contribution in [-0.4, -0.2) is 47.5 Å². The molecule has 3 nitrogen and oxygen atoms in total. The molecule has 0 aromatic heterocycles. The van der Waals surface area contributed by atoms with Crippen LogP contribution in [0.15, 0.2) is 0 Å². The molecule has 0 aliphatic carbocycles. The molecule has 2 aliphatic heterocycles. The second-order valence-corrected chi connectivity index (χ2v) is 6.76. The quantitative estimate of drug-likeness (QED) is 0.828. The van der Waals surface area contributed by atoms with Gasteiger partial charge in [-0.05, 0) is 24.3 Å². The molecule has 2 heterocycles. The van der Waals surface area contributed by atoms with Crippen LogP contribution in [0.2, 0.25) is 0 Å². The molecule has 17 heavy (non-hydrogen) atoms. The van der Waals surface area contributed by atoms with Crippen LogP contribution in [0.5, 0.6) is 0 Å². The fourth-order valence-corrected chi connectivity index (χ4v) is 4.16. The molecule has 0 bridgehead atoms. The minimum atomic E-state index is 0. The summed E-state index contributed by atoms with van der Waals surface area (Å²) in [5.41, 5.74) is 0. The minimum absolute atomic E-state index is 0. The highest BCUT2D eigenvalue weighted by Gasteiger charge is 2.20. The van der Waals surface area contributed by atoms with Crippen LogP contribution in [0, 0.1) is 0 Å². The Labute approximate surface area is 118 Å². The van der Waals surface area contributed by atoms with Crippen LogP contribution in [0.3, 0.4) is 0 Å². The lowest BCUT2D eigenvalue weighted by Crippen LogP contribution is -2.44. The lowest BCUT2D eigenvalue weighted by molar-refractivity contribution is -0.122. The molecule has 0 radical (unpaired) electrons. The predicted octanol–water partition coefficient (Wildman–Crippen LogP) is 1.52. The number of carbonyl (C=O) groups excluding carboxylic acids is 1. The van der Waals surface area contributed by atoms with E-state index in [9.17, 15) is 4.79 Å². The molecule has 2 rings (SSSR count). The van der Waals surface area contributed by atoms with Gasteiger partial charge in [0.25, 0.3) is 0 Å². The zero-order valence-electron chi connectivity index (χ0n) is 9.94. The zero-order chi connectivity index (χ0) is 11.2. The number of thioether (sulfide) groups is 2. The lowest BCUT2D eigenvalue weighted by atomic mass is 10.1. The molecule has 2 aliphatic rings. The van der Waals surface area contributed by atoms with Gasteiger partial charge in [-0.25, -0.2) is 0 Å². The number of hydrogen-bond donors (Lipinski definition) is 2. The maximum Gasteiger partial charge on any atom is 0.221 e. The summed E-state index contributed by atoms with van der Waals surface area (Å²) in [6.07, 6.45) is 2.93. The van der Waals surface area contributed by atoms with Gasteiger partial charge < -0.3 is 10.6 Å². The van der Waals surface area contributed by atoms with Gasteiger partial charge in [-0.3, -0.25) is 4.79 Å². The fraction of sp³-hybridized carbons (Fsp3) is 0.909. The van der Waals surface area contributed by atoms with Gasteiger partial charge in [0.05, 0.1) is 0 Å². The molecule has 1 unspecified atom stereocenters. The molecular formula is C11H21ClN2OS2. The van der Waals surface area contributed by atoms with E-state index in [1.165, 1.54) is 17.3 Å². The van der Waals surface area contributed by atoms with Crippen molar-refractivity contribution in [3.63, 3.8) is 0 Å². The number of rotatable bonds is 3. The van der Waals surface area contributed by atoms with Crippen LogP contribution >= 0.6 is 35.9 Å². The Kier molecular flexibility index (Phi) is 7.75. The lowest BCUT2D eigenvalue weighted by Gasteiger charge is -2.26. The average Bonchev–Trinajstić information content (AvgIpc) is 2.31. The van der Waals surface area contributed by atoms with Crippen molar-refractivity contribution in [3.05, 3.63) is 0 Å². The van der Waals surface area contributed by atoms with Crippen LogP contribution in [-0.2, 0) is 4.79 Å². The van der Waals surface area contributed by atoms with E-state index in [4.69, 9.17) is 0 Å². The Morgan fingerprint density at radius 1 is 1.24 bits per heavy atom. The maximum absolute atomic E-state index is 11.8. The Balaban J connectivity index is 0.00000144. The summed E-state index contributed by atoms with van der Waals surface area (Å²) in [4.78, 5) is 11.8. The van der Waals surface area contributed by atoms with Gasteiger partial charge in [0.2, 0.25) is 5.91 Å². The zero-order valence-corrected chi connectivity index (χ0v) is 12.4. The van der Waals surface area contributed by atoms with E-state index in [2.05, 4.69) is 10.6 Å². The van der Waals surface area contributed by atoms with Crippen LogP contribution in [0.25, 0.3) is 0 Å². The van der Waals surface area contributed by atoms with Gasteiger partial charge in [0, 0.05) is 36.6 Å².